The van der Waals surface area contributed by atoms with Gasteiger partial charge in [-0.05, 0) is 57.4 Å². The molecule has 114 valence electrons. The molecular weight excluding hydrogens is 265 g/mol. The van der Waals surface area contributed by atoms with Gasteiger partial charge in [0.05, 0.1) is 0 Å². The van der Waals surface area contributed by atoms with Gasteiger partial charge in [-0.25, -0.2) is 4.39 Å². The lowest BCUT2D eigenvalue weighted by atomic mass is 9.95. The first-order valence-electron chi connectivity index (χ1n) is 7.57. The minimum absolute atomic E-state index is 0.0827. The predicted molar refractivity (Wildman–Crippen MR) is 84.1 cm³/mol. The molecule has 0 aliphatic heterocycles. The molecule has 1 heterocycles. The molecule has 0 spiro atoms. The van der Waals surface area contributed by atoms with Gasteiger partial charge >= 0.3 is 0 Å². The van der Waals surface area contributed by atoms with Crippen LogP contribution >= 0.6 is 0 Å². The summed E-state index contributed by atoms with van der Waals surface area (Å²) in [6.45, 7) is 9.07. The lowest BCUT2D eigenvalue weighted by Crippen LogP contribution is -2.25. The van der Waals surface area contributed by atoms with Crippen LogP contribution in [0.1, 0.15) is 47.6 Å². The standard InChI is InChI=1S/C18H24FNO/c1-5-10-20-17(11-15-8-6-7-9-16(15)19)18-12(2)13(3)21-14(18)4/h6-9,17,20H,5,10-11H2,1-4H3. The SMILES string of the molecule is CCCNC(Cc1ccccc1F)c1c(C)oc(C)c1C. The van der Waals surface area contributed by atoms with Crippen LogP contribution in [0.15, 0.2) is 28.7 Å². The molecule has 0 bridgehead atoms. The number of furan rings is 1. The summed E-state index contributed by atoms with van der Waals surface area (Å²) in [6.07, 6.45) is 1.68. The Bertz CT molecular complexity index is 603. The van der Waals surface area contributed by atoms with Crippen molar-refractivity contribution in [2.24, 2.45) is 0 Å². The summed E-state index contributed by atoms with van der Waals surface area (Å²) in [4.78, 5) is 0. The first-order valence-corrected chi connectivity index (χ1v) is 7.57. The first-order chi connectivity index (χ1) is 10.0. The monoisotopic (exact) mass is 289 g/mol. The van der Waals surface area contributed by atoms with E-state index in [9.17, 15) is 4.39 Å². The third-order valence-corrected chi connectivity index (χ3v) is 3.99. The summed E-state index contributed by atoms with van der Waals surface area (Å²) in [5.74, 6) is 1.73. The van der Waals surface area contributed by atoms with Crippen molar-refractivity contribution in [2.75, 3.05) is 6.54 Å². The zero-order chi connectivity index (χ0) is 15.4. The van der Waals surface area contributed by atoms with Gasteiger partial charge in [0, 0.05) is 11.6 Å². The van der Waals surface area contributed by atoms with Crippen molar-refractivity contribution in [3.63, 3.8) is 0 Å². The number of aryl methyl sites for hydroxylation is 2. The molecule has 1 atom stereocenters. The van der Waals surface area contributed by atoms with Crippen LogP contribution in [0.2, 0.25) is 0 Å². The van der Waals surface area contributed by atoms with E-state index in [1.165, 1.54) is 11.6 Å². The average molecular weight is 289 g/mol. The smallest absolute Gasteiger partial charge is 0.126 e. The highest BCUT2D eigenvalue weighted by atomic mass is 19.1. The van der Waals surface area contributed by atoms with Crippen molar-refractivity contribution >= 4 is 0 Å². The molecule has 21 heavy (non-hydrogen) atoms. The highest BCUT2D eigenvalue weighted by molar-refractivity contribution is 5.35. The lowest BCUT2D eigenvalue weighted by molar-refractivity contribution is 0.476. The normalized spacial score (nSPS) is 12.6. The molecule has 0 radical (unpaired) electrons. The van der Waals surface area contributed by atoms with E-state index >= 15 is 0 Å². The minimum atomic E-state index is -0.142. The van der Waals surface area contributed by atoms with Crippen molar-refractivity contribution in [1.29, 1.82) is 0 Å². The van der Waals surface area contributed by atoms with E-state index in [0.29, 0.717) is 6.42 Å². The molecule has 0 aliphatic rings. The molecule has 0 fully saturated rings. The quantitative estimate of drug-likeness (QED) is 0.839. The van der Waals surface area contributed by atoms with Crippen LogP contribution < -0.4 is 5.32 Å². The Kier molecular flexibility index (Phi) is 5.18. The van der Waals surface area contributed by atoms with Gasteiger partial charge in [-0.2, -0.15) is 0 Å². The molecule has 0 aliphatic carbocycles. The van der Waals surface area contributed by atoms with Gasteiger partial charge in [0.15, 0.2) is 0 Å². The molecular formula is C18H24FNO. The molecule has 2 aromatic rings. The number of rotatable bonds is 6. The maximum atomic E-state index is 13.9. The topological polar surface area (TPSA) is 25.2 Å². The zero-order valence-corrected chi connectivity index (χ0v) is 13.3. The van der Waals surface area contributed by atoms with E-state index in [1.807, 2.05) is 26.0 Å². The van der Waals surface area contributed by atoms with Gasteiger partial charge < -0.3 is 9.73 Å². The van der Waals surface area contributed by atoms with Crippen LogP contribution in [0.3, 0.4) is 0 Å². The molecule has 2 rings (SSSR count). The first kappa shape index (κ1) is 15.8. The molecule has 0 amide bonds. The van der Waals surface area contributed by atoms with Crippen molar-refractivity contribution < 1.29 is 8.81 Å². The van der Waals surface area contributed by atoms with Gasteiger partial charge in [-0.1, -0.05) is 25.1 Å². The van der Waals surface area contributed by atoms with Crippen molar-refractivity contribution in [1.82, 2.24) is 5.32 Å². The molecule has 1 unspecified atom stereocenters. The van der Waals surface area contributed by atoms with E-state index in [4.69, 9.17) is 4.42 Å². The molecule has 0 saturated heterocycles. The number of hydrogen-bond acceptors (Lipinski definition) is 2. The Morgan fingerprint density at radius 1 is 1.14 bits per heavy atom. The van der Waals surface area contributed by atoms with E-state index in [-0.39, 0.29) is 11.9 Å². The number of nitrogens with one attached hydrogen (secondary N) is 1. The summed E-state index contributed by atoms with van der Waals surface area (Å²) in [5, 5.41) is 3.53. The Morgan fingerprint density at radius 2 is 1.86 bits per heavy atom. The summed E-state index contributed by atoms with van der Waals surface area (Å²) < 4.78 is 19.7. The minimum Gasteiger partial charge on any atom is -0.466 e. The van der Waals surface area contributed by atoms with Gasteiger partial charge in [0.1, 0.15) is 17.3 Å². The third kappa shape index (κ3) is 3.53. The van der Waals surface area contributed by atoms with Crippen LogP contribution in [-0.2, 0) is 6.42 Å². The highest BCUT2D eigenvalue weighted by Crippen LogP contribution is 2.30. The number of halogens is 1. The van der Waals surface area contributed by atoms with E-state index in [0.717, 1.165) is 35.6 Å². The van der Waals surface area contributed by atoms with Crippen molar-refractivity contribution in [3.8, 4) is 0 Å². The Labute approximate surface area is 126 Å². The van der Waals surface area contributed by atoms with Crippen molar-refractivity contribution in [2.45, 2.75) is 46.6 Å². The summed E-state index contributed by atoms with van der Waals surface area (Å²) in [7, 11) is 0. The largest absolute Gasteiger partial charge is 0.466 e. The second-order valence-corrected chi connectivity index (χ2v) is 5.56. The maximum absolute atomic E-state index is 13.9. The highest BCUT2D eigenvalue weighted by Gasteiger charge is 2.21. The number of hydrogen-bond donors (Lipinski definition) is 1. The van der Waals surface area contributed by atoms with Gasteiger partial charge in [-0.15, -0.1) is 0 Å². The fraction of sp³-hybridized carbons (Fsp3) is 0.444. The molecule has 1 aromatic heterocycles. The van der Waals surface area contributed by atoms with Crippen LogP contribution in [0.4, 0.5) is 4.39 Å². The van der Waals surface area contributed by atoms with Crippen LogP contribution in [0.5, 0.6) is 0 Å². The molecule has 2 nitrogen and oxygen atoms in total. The predicted octanol–water partition coefficient (Wildman–Crippen LogP) is 4.63. The zero-order valence-electron chi connectivity index (χ0n) is 13.3. The Morgan fingerprint density at radius 3 is 2.43 bits per heavy atom. The Hall–Kier alpha value is -1.61. The van der Waals surface area contributed by atoms with E-state index in [1.54, 1.807) is 6.07 Å². The fourth-order valence-corrected chi connectivity index (χ4v) is 2.80. The number of benzene rings is 1. The summed E-state index contributed by atoms with van der Waals surface area (Å²) in [5.41, 5.74) is 3.07. The molecule has 3 heteroatoms. The second-order valence-electron chi connectivity index (χ2n) is 5.56. The van der Waals surface area contributed by atoms with Gasteiger partial charge in [-0.3, -0.25) is 0 Å². The molecule has 1 N–H and O–H groups in total. The van der Waals surface area contributed by atoms with E-state index in [2.05, 4.69) is 19.2 Å². The van der Waals surface area contributed by atoms with E-state index < -0.39 is 0 Å². The molecule has 0 saturated carbocycles. The lowest BCUT2D eigenvalue weighted by Gasteiger charge is -2.20. The van der Waals surface area contributed by atoms with Gasteiger partial charge in [0.2, 0.25) is 0 Å². The maximum Gasteiger partial charge on any atom is 0.126 e. The summed E-state index contributed by atoms with van der Waals surface area (Å²) >= 11 is 0. The van der Waals surface area contributed by atoms with Gasteiger partial charge in [0.25, 0.3) is 0 Å². The molecule has 1 aromatic carbocycles. The van der Waals surface area contributed by atoms with Crippen molar-refractivity contribution in [3.05, 3.63) is 58.3 Å². The Balaban J connectivity index is 2.32. The third-order valence-electron chi connectivity index (χ3n) is 3.99. The summed E-state index contributed by atoms with van der Waals surface area (Å²) in [6, 6.07) is 7.07. The van der Waals surface area contributed by atoms with Crippen LogP contribution in [0, 0.1) is 26.6 Å². The van der Waals surface area contributed by atoms with Crippen LogP contribution in [0.25, 0.3) is 0 Å². The second kappa shape index (κ2) is 6.90. The average Bonchev–Trinajstić information content (AvgIpc) is 2.71. The fourth-order valence-electron chi connectivity index (χ4n) is 2.80. The van der Waals surface area contributed by atoms with Crippen LogP contribution in [-0.4, -0.2) is 6.54 Å².